The number of aryl methyl sites for hydroxylation is 1. The van der Waals surface area contributed by atoms with E-state index < -0.39 is 0 Å². The molecule has 3 rings (SSSR count). The molecule has 108 valence electrons. The predicted octanol–water partition coefficient (Wildman–Crippen LogP) is 4.13. The summed E-state index contributed by atoms with van der Waals surface area (Å²) in [4.78, 5) is 5.22. The second-order valence-corrected chi connectivity index (χ2v) is 6.17. The average Bonchev–Trinajstić information content (AvgIpc) is 3.07. The number of benzene rings is 1. The van der Waals surface area contributed by atoms with Gasteiger partial charge in [0.25, 0.3) is 5.89 Å². The maximum atomic E-state index is 6.00. The number of hydrogen-bond donors (Lipinski definition) is 1. The average molecular weight is 366 g/mol. The Kier molecular flexibility index (Phi) is 3.69. The molecule has 0 aliphatic heterocycles. The number of ether oxygens (including phenoxy) is 1. The molecular formula is C14H12BrN3O2S. The number of thiophene rings is 1. The Hall–Kier alpha value is -1.86. The molecule has 0 fully saturated rings. The minimum absolute atomic E-state index is 0.438. The van der Waals surface area contributed by atoms with Crippen molar-refractivity contribution in [2.24, 2.45) is 0 Å². The normalized spacial score (nSPS) is 10.8. The van der Waals surface area contributed by atoms with Gasteiger partial charge in [0, 0.05) is 5.56 Å². The molecule has 0 bridgehead atoms. The molecule has 0 radical (unpaired) electrons. The number of anilines is 1. The second kappa shape index (κ2) is 5.50. The molecule has 0 aliphatic rings. The van der Waals surface area contributed by atoms with Gasteiger partial charge in [-0.15, -0.1) is 11.3 Å². The van der Waals surface area contributed by atoms with Crippen molar-refractivity contribution in [3.8, 4) is 27.9 Å². The fourth-order valence-corrected chi connectivity index (χ4v) is 3.29. The zero-order valence-electron chi connectivity index (χ0n) is 11.4. The van der Waals surface area contributed by atoms with Crippen molar-refractivity contribution in [1.82, 2.24) is 10.1 Å². The molecular weight excluding hydrogens is 354 g/mol. The van der Waals surface area contributed by atoms with Gasteiger partial charge in [0.15, 0.2) is 0 Å². The maximum Gasteiger partial charge on any atom is 0.270 e. The highest BCUT2D eigenvalue weighted by atomic mass is 79.9. The van der Waals surface area contributed by atoms with E-state index >= 15 is 0 Å². The Bertz CT molecular complexity index is 797. The van der Waals surface area contributed by atoms with E-state index in [0.29, 0.717) is 17.4 Å². The van der Waals surface area contributed by atoms with E-state index in [1.807, 2.05) is 30.5 Å². The zero-order valence-corrected chi connectivity index (χ0v) is 13.8. The fraction of sp³-hybridized carbons (Fsp3) is 0.143. The SMILES string of the molecule is COc1ccc(-c2noc(-c3scc(C)c3N)n2)cc1Br. The van der Waals surface area contributed by atoms with Crippen molar-refractivity contribution in [3.05, 3.63) is 33.6 Å². The molecule has 0 saturated carbocycles. The van der Waals surface area contributed by atoms with Crippen molar-refractivity contribution in [2.75, 3.05) is 12.8 Å². The molecule has 1 aromatic carbocycles. The molecule has 5 nitrogen and oxygen atoms in total. The van der Waals surface area contributed by atoms with Gasteiger partial charge < -0.3 is 15.0 Å². The summed E-state index contributed by atoms with van der Waals surface area (Å²) in [6.07, 6.45) is 0. The van der Waals surface area contributed by atoms with Crippen LogP contribution in [0.3, 0.4) is 0 Å². The smallest absolute Gasteiger partial charge is 0.270 e. The zero-order chi connectivity index (χ0) is 15.0. The van der Waals surface area contributed by atoms with Crippen LogP contribution in [0.1, 0.15) is 5.56 Å². The first-order chi connectivity index (χ1) is 10.1. The van der Waals surface area contributed by atoms with Crippen LogP contribution in [0.25, 0.3) is 22.2 Å². The van der Waals surface area contributed by atoms with Gasteiger partial charge in [-0.3, -0.25) is 0 Å². The number of methoxy groups -OCH3 is 1. The first kappa shape index (κ1) is 14.1. The van der Waals surface area contributed by atoms with Crippen LogP contribution >= 0.6 is 27.3 Å². The summed E-state index contributed by atoms with van der Waals surface area (Å²) in [5.74, 6) is 1.70. The van der Waals surface area contributed by atoms with Gasteiger partial charge >= 0.3 is 0 Å². The van der Waals surface area contributed by atoms with E-state index in [1.54, 1.807) is 7.11 Å². The molecule has 0 spiro atoms. The quantitative estimate of drug-likeness (QED) is 0.755. The predicted molar refractivity (Wildman–Crippen MR) is 86.4 cm³/mol. The summed E-state index contributed by atoms with van der Waals surface area (Å²) >= 11 is 4.94. The van der Waals surface area contributed by atoms with E-state index in [0.717, 1.165) is 26.2 Å². The molecule has 2 heterocycles. The standard InChI is InChI=1S/C14H12BrN3O2S/c1-7-6-21-12(11(7)16)14-17-13(18-20-14)8-3-4-10(19-2)9(15)5-8/h3-6H,16H2,1-2H3. The van der Waals surface area contributed by atoms with E-state index in [4.69, 9.17) is 15.0 Å². The third kappa shape index (κ3) is 2.54. The van der Waals surface area contributed by atoms with Crippen molar-refractivity contribution in [3.63, 3.8) is 0 Å². The van der Waals surface area contributed by atoms with Crippen molar-refractivity contribution in [2.45, 2.75) is 6.92 Å². The molecule has 2 N–H and O–H groups in total. The number of nitrogens with zero attached hydrogens (tertiary/aromatic N) is 2. The summed E-state index contributed by atoms with van der Waals surface area (Å²) in [5.41, 5.74) is 8.54. The van der Waals surface area contributed by atoms with Gasteiger partial charge in [-0.2, -0.15) is 4.98 Å². The van der Waals surface area contributed by atoms with Crippen LogP contribution in [-0.4, -0.2) is 17.3 Å². The highest BCUT2D eigenvalue weighted by molar-refractivity contribution is 9.10. The monoisotopic (exact) mass is 365 g/mol. The topological polar surface area (TPSA) is 74.2 Å². The van der Waals surface area contributed by atoms with Crippen LogP contribution < -0.4 is 10.5 Å². The summed E-state index contributed by atoms with van der Waals surface area (Å²) in [6, 6.07) is 5.61. The van der Waals surface area contributed by atoms with Crippen LogP contribution in [0.4, 0.5) is 5.69 Å². The van der Waals surface area contributed by atoms with Gasteiger partial charge in [-0.25, -0.2) is 0 Å². The summed E-state index contributed by atoms with van der Waals surface area (Å²) < 4.78 is 11.4. The van der Waals surface area contributed by atoms with E-state index in [9.17, 15) is 0 Å². The minimum Gasteiger partial charge on any atom is -0.496 e. The number of aromatic nitrogens is 2. The minimum atomic E-state index is 0.438. The van der Waals surface area contributed by atoms with Crippen molar-refractivity contribution in [1.29, 1.82) is 0 Å². The van der Waals surface area contributed by atoms with Gasteiger partial charge in [0.2, 0.25) is 5.82 Å². The third-order valence-electron chi connectivity index (χ3n) is 3.05. The van der Waals surface area contributed by atoms with Gasteiger partial charge in [0.1, 0.15) is 10.6 Å². The van der Waals surface area contributed by atoms with Crippen LogP contribution in [0, 0.1) is 6.92 Å². The highest BCUT2D eigenvalue weighted by Gasteiger charge is 2.16. The van der Waals surface area contributed by atoms with Crippen LogP contribution in [0.2, 0.25) is 0 Å². The summed E-state index contributed by atoms with van der Waals surface area (Å²) in [6.45, 7) is 1.95. The lowest BCUT2D eigenvalue weighted by Gasteiger charge is -2.03. The van der Waals surface area contributed by atoms with Crippen LogP contribution in [0.15, 0.2) is 32.6 Å². The molecule has 0 atom stereocenters. The number of rotatable bonds is 3. The number of nitrogen functional groups attached to an aromatic ring is 1. The number of hydrogen-bond acceptors (Lipinski definition) is 6. The van der Waals surface area contributed by atoms with Crippen molar-refractivity contribution < 1.29 is 9.26 Å². The Balaban J connectivity index is 1.98. The lowest BCUT2D eigenvalue weighted by molar-refractivity contribution is 0.412. The Morgan fingerprint density at radius 3 is 2.81 bits per heavy atom. The molecule has 21 heavy (non-hydrogen) atoms. The number of nitrogens with two attached hydrogens (primary N) is 1. The molecule has 0 aliphatic carbocycles. The van der Waals surface area contributed by atoms with Crippen molar-refractivity contribution >= 4 is 33.0 Å². The van der Waals surface area contributed by atoms with E-state index in [-0.39, 0.29) is 0 Å². The van der Waals surface area contributed by atoms with Crippen LogP contribution in [0.5, 0.6) is 5.75 Å². The first-order valence-corrected chi connectivity index (χ1v) is 7.79. The fourth-order valence-electron chi connectivity index (χ4n) is 1.86. The molecule has 7 heteroatoms. The largest absolute Gasteiger partial charge is 0.496 e. The molecule has 3 aromatic rings. The van der Waals surface area contributed by atoms with E-state index in [2.05, 4.69) is 26.1 Å². The van der Waals surface area contributed by atoms with Gasteiger partial charge in [-0.05, 0) is 52.0 Å². The molecule has 2 aromatic heterocycles. The lowest BCUT2D eigenvalue weighted by atomic mass is 10.2. The van der Waals surface area contributed by atoms with Gasteiger partial charge in [-0.1, -0.05) is 5.16 Å². The Labute approximate surface area is 133 Å². The van der Waals surface area contributed by atoms with Crippen LogP contribution in [-0.2, 0) is 0 Å². The number of halogens is 1. The molecule has 0 unspecified atom stereocenters. The Morgan fingerprint density at radius 1 is 1.38 bits per heavy atom. The third-order valence-corrected chi connectivity index (χ3v) is 4.77. The summed E-state index contributed by atoms with van der Waals surface area (Å²) in [7, 11) is 1.62. The summed E-state index contributed by atoms with van der Waals surface area (Å²) in [5, 5.41) is 5.98. The highest BCUT2D eigenvalue weighted by Crippen LogP contribution is 2.35. The molecule has 0 amide bonds. The lowest BCUT2D eigenvalue weighted by Crippen LogP contribution is -1.88. The second-order valence-electron chi connectivity index (χ2n) is 4.43. The van der Waals surface area contributed by atoms with Gasteiger partial charge in [0.05, 0.1) is 17.3 Å². The first-order valence-electron chi connectivity index (χ1n) is 6.11. The maximum absolute atomic E-state index is 6.00. The molecule has 0 saturated heterocycles. The Morgan fingerprint density at radius 2 is 2.19 bits per heavy atom. The van der Waals surface area contributed by atoms with E-state index in [1.165, 1.54) is 11.3 Å².